The highest BCUT2D eigenvalue weighted by Gasteiger charge is 2.40. The number of benzene rings is 3. The number of rotatable bonds is 7. The Morgan fingerprint density at radius 2 is 1.60 bits per heavy atom. The lowest BCUT2D eigenvalue weighted by molar-refractivity contribution is 0.0744. The summed E-state index contributed by atoms with van der Waals surface area (Å²) in [6, 6.07) is 18.5. The molecule has 1 heterocycles. The molecule has 3 aromatic carbocycles. The van der Waals surface area contributed by atoms with E-state index in [0.717, 1.165) is 11.1 Å². The Bertz CT molecular complexity index is 1310. The quantitative estimate of drug-likeness (QED) is 0.435. The van der Waals surface area contributed by atoms with Crippen LogP contribution < -0.4 is 13.8 Å². The number of anilines is 1. The van der Waals surface area contributed by atoms with Gasteiger partial charge >= 0.3 is 0 Å². The molecule has 0 unspecified atom stereocenters. The molecule has 7 nitrogen and oxygen atoms in total. The van der Waals surface area contributed by atoms with Gasteiger partial charge in [-0.05, 0) is 30.7 Å². The van der Waals surface area contributed by atoms with E-state index in [9.17, 15) is 13.2 Å². The molecule has 0 radical (unpaired) electrons. The number of aryl methyl sites for hydroxylation is 1. The molecule has 0 N–H and O–H groups in total. The fraction of sp³-hybridized carbons (Fsp3) is 0.269. The number of halogens is 1. The van der Waals surface area contributed by atoms with Gasteiger partial charge in [0.05, 0.1) is 36.4 Å². The minimum atomic E-state index is -4.07. The summed E-state index contributed by atoms with van der Waals surface area (Å²) < 4.78 is 40.1. The lowest BCUT2D eigenvalue weighted by Gasteiger charge is -2.32. The lowest BCUT2D eigenvalue weighted by Crippen LogP contribution is -2.46. The Morgan fingerprint density at radius 3 is 2.20 bits per heavy atom. The highest BCUT2D eigenvalue weighted by molar-refractivity contribution is 7.92. The molecule has 1 amide bonds. The number of methoxy groups -OCH3 is 2. The van der Waals surface area contributed by atoms with Crippen LogP contribution in [-0.2, 0) is 16.6 Å². The minimum Gasteiger partial charge on any atom is -0.493 e. The maximum atomic E-state index is 14.0. The van der Waals surface area contributed by atoms with Crippen LogP contribution in [0.25, 0.3) is 0 Å². The predicted octanol–water partition coefficient (Wildman–Crippen LogP) is 4.47. The van der Waals surface area contributed by atoms with Gasteiger partial charge in [-0.2, -0.15) is 0 Å². The van der Waals surface area contributed by atoms with E-state index in [-0.39, 0.29) is 34.5 Å². The van der Waals surface area contributed by atoms with E-state index in [0.29, 0.717) is 18.0 Å². The monoisotopic (exact) mass is 514 g/mol. The molecule has 9 heteroatoms. The van der Waals surface area contributed by atoms with Gasteiger partial charge < -0.3 is 14.4 Å². The first-order chi connectivity index (χ1) is 16.8. The number of hydrogen-bond donors (Lipinski definition) is 0. The van der Waals surface area contributed by atoms with Crippen LogP contribution >= 0.6 is 11.6 Å². The first-order valence-electron chi connectivity index (χ1n) is 11.1. The van der Waals surface area contributed by atoms with Gasteiger partial charge in [-0.15, -0.1) is 11.6 Å². The number of ether oxygens (including phenoxy) is 2. The van der Waals surface area contributed by atoms with Gasteiger partial charge in [0.1, 0.15) is 0 Å². The molecule has 0 saturated heterocycles. The zero-order chi connectivity index (χ0) is 25.2. The van der Waals surface area contributed by atoms with Crippen LogP contribution in [0.15, 0.2) is 71.6 Å². The zero-order valence-electron chi connectivity index (χ0n) is 19.8. The first kappa shape index (κ1) is 24.9. The van der Waals surface area contributed by atoms with Crippen molar-refractivity contribution in [3.05, 3.63) is 83.4 Å². The SMILES string of the molecule is COc1cc2c(cc1OC)N(S(=O)(=O)c1ccc(C)cc1)[C@@H](CCl)CN(Cc1ccccc1)C2=O. The van der Waals surface area contributed by atoms with Crippen molar-refractivity contribution in [2.45, 2.75) is 24.4 Å². The Morgan fingerprint density at radius 1 is 0.971 bits per heavy atom. The zero-order valence-corrected chi connectivity index (χ0v) is 21.3. The normalized spacial score (nSPS) is 16.0. The summed E-state index contributed by atoms with van der Waals surface area (Å²) in [5.41, 5.74) is 2.26. The van der Waals surface area contributed by atoms with Crippen LogP contribution in [0.5, 0.6) is 11.5 Å². The van der Waals surface area contributed by atoms with Crippen LogP contribution in [0.4, 0.5) is 5.69 Å². The van der Waals surface area contributed by atoms with E-state index < -0.39 is 16.1 Å². The van der Waals surface area contributed by atoms with Gasteiger partial charge in [0.25, 0.3) is 15.9 Å². The third kappa shape index (κ3) is 4.81. The maximum Gasteiger partial charge on any atom is 0.264 e. The standard InChI is InChI=1S/C26H27ClN2O5S/c1-18-9-11-21(12-10-18)35(31,32)29-20(15-27)17-28(16-19-7-5-4-6-8-19)26(30)22-13-24(33-2)25(34-3)14-23(22)29/h4-14,20H,15-17H2,1-3H3/t20-/m0/s1. The smallest absolute Gasteiger partial charge is 0.264 e. The second-order valence-corrected chi connectivity index (χ2v) is 10.4. The Kier molecular flexibility index (Phi) is 7.23. The second kappa shape index (κ2) is 10.2. The molecule has 1 aliphatic heterocycles. The number of amides is 1. The molecule has 4 rings (SSSR count). The van der Waals surface area contributed by atoms with E-state index in [1.54, 1.807) is 29.2 Å². The van der Waals surface area contributed by atoms with E-state index in [1.807, 2.05) is 37.3 Å². The van der Waals surface area contributed by atoms with E-state index >= 15 is 0 Å². The average molecular weight is 515 g/mol. The van der Waals surface area contributed by atoms with Crippen molar-refractivity contribution >= 4 is 33.2 Å². The first-order valence-corrected chi connectivity index (χ1v) is 13.0. The summed E-state index contributed by atoms with van der Waals surface area (Å²) >= 11 is 6.38. The highest BCUT2D eigenvalue weighted by Crippen LogP contribution is 2.41. The summed E-state index contributed by atoms with van der Waals surface area (Å²) in [6.45, 7) is 2.30. The van der Waals surface area contributed by atoms with Crippen molar-refractivity contribution in [3.63, 3.8) is 0 Å². The highest BCUT2D eigenvalue weighted by atomic mass is 35.5. The van der Waals surface area contributed by atoms with Crippen molar-refractivity contribution in [2.24, 2.45) is 0 Å². The number of alkyl halides is 1. The molecule has 35 heavy (non-hydrogen) atoms. The minimum absolute atomic E-state index is 0.0164. The molecule has 0 aromatic heterocycles. The van der Waals surface area contributed by atoms with Gasteiger partial charge in [0.2, 0.25) is 0 Å². The summed E-state index contributed by atoms with van der Waals surface area (Å²) in [5, 5.41) is 0. The summed E-state index contributed by atoms with van der Waals surface area (Å²) in [5.74, 6) is 0.308. The molecule has 3 aromatic rings. The molecule has 1 atom stereocenters. The van der Waals surface area contributed by atoms with Crippen LogP contribution in [0.3, 0.4) is 0 Å². The topological polar surface area (TPSA) is 76.2 Å². The van der Waals surface area contributed by atoms with Gasteiger partial charge in [-0.25, -0.2) is 8.42 Å². The maximum absolute atomic E-state index is 14.0. The van der Waals surface area contributed by atoms with Crippen LogP contribution in [0, 0.1) is 6.92 Å². The van der Waals surface area contributed by atoms with Crippen LogP contribution in [0.1, 0.15) is 21.5 Å². The van der Waals surface area contributed by atoms with E-state index in [1.165, 1.54) is 30.7 Å². The van der Waals surface area contributed by atoms with Gasteiger partial charge in [-0.1, -0.05) is 48.0 Å². The van der Waals surface area contributed by atoms with Crippen LogP contribution in [-0.4, -0.2) is 51.9 Å². The van der Waals surface area contributed by atoms with Gasteiger partial charge in [-0.3, -0.25) is 9.10 Å². The number of sulfonamides is 1. The second-order valence-electron chi connectivity index (χ2n) is 8.32. The summed E-state index contributed by atoms with van der Waals surface area (Å²) in [6.07, 6.45) is 0. The van der Waals surface area contributed by atoms with Crippen molar-refractivity contribution < 1.29 is 22.7 Å². The molecule has 0 aliphatic carbocycles. The van der Waals surface area contributed by atoms with Gasteiger partial charge in [0.15, 0.2) is 11.5 Å². The predicted molar refractivity (Wildman–Crippen MR) is 136 cm³/mol. The number of carbonyl (C=O) groups excluding carboxylic acids is 1. The molecule has 1 aliphatic rings. The third-order valence-electron chi connectivity index (χ3n) is 5.99. The van der Waals surface area contributed by atoms with Crippen molar-refractivity contribution in [3.8, 4) is 11.5 Å². The molecule has 0 spiro atoms. The molecule has 184 valence electrons. The Labute approximate surface area is 210 Å². The molecular weight excluding hydrogens is 488 g/mol. The molecule has 0 saturated carbocycles. The average Bonchev–Trinajstić information content (AvgIpc) is 2.98. The Balaban J connectivity index is 1.92. The van der Waals surface area contributed by atoms with Crippen molar-refractivity contribution in [1.29, 1.82) is 0 Å². The van der Waals surface area contributed by atoms with E-state index in [4.69, 9.17) is 21.1 Å². The summed E-state index contributed by atoms with van der Waals surface area (Å²) in [7, 11) is -1.14. The van der Waals surface area contributed by atoms with Crippen molar-refractivity contribution in [1.82, 2.24) is 4.90 Å². The number of fused-ring (bicyclic) bond motifs is 1. The van der Waals surface area contributed by atoms with Crippen molar-refractivity contribution in [2.75, 3.05) is 30.9 Å². The van der Waals surface area contributed by atoms with Gasteiger partial charge in [0, 0.05) is 25.0 Å². The summed E-state index contributed by atoms with van der Waals surface area (Å²) in [4.78, 5) is 15.5. The fourth-order valence-corrected chi connectivity index (χ4v) is 6.17. The number of nitrogens with zero attached hydrogens (tertiary/aromatic N) is 2. The largest absolute Gasteiger partial charge is 0.493 e. The Hall–Kier alpha value is -3.23. The molecule has 0 fully saturated rings. The number of hydrogen-bond acceptors (Lipinski definition) is 5. The third-order valence-corrected chi connectivity index (χ3v) is 8.23. The molecule has 0 bridgehead atoms. The molecular formula is C26H27ClN2O5S. The lowest BCUT2D eigenvalue weighted by atomic mass is 10.1. The number of carbonyl (C=O) groups is 1. The fourth-order valence-electron chi connectivity index (χ4n) is 4.20. The van der Waals surface area contributed by atoms with E-state index in [2.05, 4.69) is 0 Å². The van der Waals surface area contributed by atoms with Crippen LogP contribution in [0.2, 0.25) is 0 Å².